The monoisotopic (exact) mass is 300 g/mol. The average Bonchev–Trinajstić information content (AvgIpc) is 2.38. The number of thiocarbonyl (C=S) groups is 1. The smallest absolute Gasteiger partial charge is 0.220 e. The van der Waals surface area contributed by atoms with Crippen LogP contribution >= 0.6 is 12.2 Å². The highest BCUT2D eigenvalue weighted by molar-refractivity contribution is 7.80. The minimum absolute atomic E-state index is 0.0399. The molecule has 1 aliphatic rings. The molecule has 20 heavy (non-hydrogen) atoms. The summed E-state index contributed by atoms with van der Waals surface area (Å²) in [5.74, 6) is 0.0399. The molecule has 0 bridgehead atoms. The maximum absolute atomic E-state index is 12.1. The van der Waals surface area contributed by atoms with Crippen LogP contribution in [0.15, 0.2) is 0 Å². The zero-order chi connectivity index (χ0) is 14.8. The number of rotatable bonds is 7. The zero-order valence-corrected chi connectivity index (χ0v) is 13.4. The highest BCUT2D eigenvalue weighted by Crippen LogP contribution is 2.27. The van der Waals surface area contributed by atoms with Crippen LogP contribution < -0.4 is 11.1 Å². The molecule has 0 unspecified atom stereocenters. The molecule has 0 aromatic carbocycles. The van der Waals surface area contributed by atoms with E-state index in [-0.39, 0.29) is 5.91 Å². The SMILES string of the molecule is CCOCCCC(=O)NC1(C(N)=S)CCCCCCC1. The van der Waals surface area contributed by atoms with Gasteiger partial charge in [-0.3, -0.25) is 4.79 Å². The summed E-state index contributed by atoms with van der Waals surface area (Å²) in [6.45, 7) is 3.28. The Balaban J connectivity index is 2.51. The molecule has 1 fully saturated rings. The van der Waals surface area contributed by atoms with Crippen LogP contribution in [0.2, 0.25) is 0 Å². The third-order valence-corrected chi connectivity index (χ3v) is 4.34. The van der Waals surface area contributed by atoms with Crippen molar-refractivity contribution in [3.8, 4) is 0 Å². The van der Waals surface area contributed by atoms with Gasteiger partial charge >= 0.3 is 0 Å². The van der Waals surface area contributed by atoms with Crippen LogP contribution in [0.5, 0.6) is 0 Å². The highest BCUT2D eigenvalue weighted by atomic mass is 32.1. The molecule has 1 saturated carbocycles. The molecule has 0 heterocycles. The van der Waals surface area contributed by atoms with Crippen LogP contribution in [0.4, 0.5) is 0 Å². The first kappa shape index (κ1) is 17.4. The van der Waals surface area contributed by atoms with Crippen LogP contribution in [-0.4, -0.2) is 29.6 Å². The molecule has 3 N–H and O–H groups in total. The Labute approximate surface area is 127 Å². The van der Waals surface area contributed by atoms with Gasteiger partial charge in [0.05, 0.1) is 10.5 Å². The molecule has 5 heteroatoms. The van der Waals surface area contributed by atoms with E-state index < -0.39 is 5.54 Å². The Hall–Kier alpha value is -0.680. The zero-order valence-electron chi connectivity index (χ0n) is 12.6. The summed E-state index contributed by atoms with van der Waals surface area (Å²) in [6.07, 6.45) is 8.80. The Morgan fingerprint density at radius 2 is 1.85 bits per heavy atom. The number of nitrogens with one attached hydrogen (secondary N) is 1. The molecule has 0 aromatic heterocycles. The van der Waals surface area contributed by atoms with Gasteiger partial charge in [0.15, 0.2) is 0 Å². The molecule has 1 aliphatic carbocycles. The van der Waals surface area contributed by atoms with Crippen LogP contribution in [0.1, 0.15) is 64.7 Å². The van der Waals surface area contributed by atoms with Crippen molar-refractivity contribution < 1.29 is 9.53 Å². The number of ether oxygens (including phenoxy) is 1. The Bertz CT molecular complexity index is 313. The van der Waals surface area contributed by atoms with E-state index in [2.05, 4.69) is 5.32 Å². The first-order valence-electron chi connectivity index (χ1n) is 7.79. The van der Waals surface area contributed by atoms with Crippen LogP contribution in [0, 0.1) is 0 Å². The maximum atomic E-state index is 12.1. The van der Waals surface area contributed by atoms with E-state index in [9.17, 15) is 4.79 Å². The summed E-state index contributed by atoms with van der Waals surface area (Å²) in [4.78, 5) is 12.5. The average molecular weight is 300 g/mol. The molecule has 0 atom stereocenters. The molecule has 0 aliphatic heterocycles. The predicted octanol–water partition coefficient (Wildman–Crippen LogP) is 2.69. The van der Waals surface area contributed by atoms with Crippen molar-refractivity contribution in [2.24, 2.45) is 5.73 Å². The van der Waals surface area contributed by atoms with E-state index >= 15 is 0 Å². The summed E-state index contributed by atoms with van der Waals surface area (Å²) in [5, 5.41) is 3.12. The predicted molar refractivity (Wildman–Crippen MR) is 85.7 cm³/mol. The normalized spacial score (nSPS) is 18.9. The Morgan fingerprint density at radius 1 is 1.25 bits per heavy atom. The second kappa shape index (κ2) is 9.29. The van der Waals surface area contributed by atoms with Gasteiger partial charge in [-0.05, 0) is 26.2 Å². The van der Waals surface area contributed by atoms with Gasteiger partial charge < -0.3 is 15.8 Å². The topological polar surface area (TPSA) is 64.3 Å². The standard InChI is InChI=1S/C15H28N2O2S/c1-2-19-12-8-9-13(18)17-15(14(16)20)10-6-4-3-5-7-11-15/h2-12H2,1H3,(H2,16,20)(H,17,18). The molecule has 0 radical (unpaired) electrons. The third kappa shape index (κ3) is 5.75. The van der Waals surface area contributed by atoms with Gasteiger partial charge in [-0.25, -0.2) is 0 Å². The van der Waals surface area contributed by atoms with Crippen molar-refractivity contribution in [3.63, 3.8) is 0 Å². The van der Waals surface area contributed by atoms with Crippen molar-refractivity contribution in [3.05, 3.63) is 0 Å². The van der Waals surface area contributed by atoms with Gasteiger partial charge in [-0.1, -0.05) is 44.3 Å². The summed E-state index contributed by atoms with van der Waals surface area (Å²) in [6, 6.07) is 0. The lowest BCUT2D eigenvalue weighted by molar-refractivity contribution is -0.122. The highest BCUT2D eigenvalue weighted by Gasteiger charge is 2.34. The fraction of sp³-hybridized carbons (Fsp3) is 0.867. The van der Waals surface area contributed by atoms with Crippen molar-refractivity contribution in [1.29, 1.82) is 0 Å². The number of amides is 1. The lowest BCUT2D eigenvalue weighted by Crippen LogP contribution is -2.57. The van der Waals surface area contributed by atoms with Crippen LogP contribution in [0.3, 0.4) is 0 Å². The van der Waals surface area contributed by atoms with Gasteiger partial charge in [-0.2, -0.15) is 0 Å². The minimum atomic E-state index is -0.460. The van der Waals surface area contributed by atoms with Gasteiger partial charge in [-0.15, -0.1) is 0 Å². The largest absolute Gasteiger partial charge is 0.391 e. The molecule has 0 aromatic rings. The second-order valence-electron chi connectivity index (χ2n) is 5.56. The number of carbonyl (C=O) groups is 1. The van der Waals surface area contributed by atoms with Gasteiger partial charge in [0, 0.05) is 19.6 Å². The molecule has 1 amide bonds. The van der Waals surface area contributed by atoms with Crippen LogP contribution in [0.25, 0.3) is 0 Å². The molecular formula is C15H28N2O2S. The van der Waals surface area contributed by atoms with Crippen molar-refractivity contribution >= 4 is 23.1 Å². The van der Waals surface area contributed by atoms with Crippen molar-refractivity contribution in [2.45, 2.75) is 70.3 Å². The van der Waals surface area contributed by atoms with E-state index in [1.807, 2.05) is 6.92 Å². The first-order chi connectivity index (χ1) is 9.60. The molecule has 0 saturated heterocycles. The van der Waals surface area contributed by atoms with Crippen molar-refractivity contribution in [1.82, 2.24) is 5.32 Å². The fourth-order valence-corrected chi connectivity index (χ4v) is 3.01. The number of hydrogen-bond donors (Lipinski definition) is 2. The van der Waals surface area contributed by atoms with E-state index in [4.69, 9.17) is 22.7 Å². The van der Waals surface area contributed by atoms with E-state index in [0.29, 0.717) is 24.6 Å². The summed E-state index contributed by atoms with van der Waals surface area (Å²) in [7, 11) is 0. The van der Waals surface area contributed by atoms with Gasteiger partial charge in [0.25, 0.3) is 0 Å². The summed E-state index contributed by atoms with van der Waals surface area (Å²) < 4.78 is 5.25. The summed E-state index contributed by atoms with van der Waals surface area (Å²) >= 11 is 5.24. The summed E-state index contributed by atoms with van der Waals surface area (Å²) in [5.41, 5.74) is 5.48. The Kier molecular flexibility index (Phi) is 8.07. The number of hydrogen-bond acceptors (Lipinski definition) is 3. The molecule has 0 spiro atoms. The quantitative estimate of drug-likeness (QED) is 0.560. The maximum Gasteiger partial charge on any atom is 0.220 e. The van der Waals surface area contributed by atoms with E-state index in [1.54, 1.807) is 0 Å². The third-order valence-electron chi connectivity index (χ3n) is 3.95. The number of nitrogens with two attached hydrogens (primary N) is 1. The number of carbonyl (C=O) groups excluding carboxylic acids is 1. The first-order valence-corrected chi connectivity index (χ1v) is 8.20. The van der Waals surface area contributed by atoms with E-state index in [1.165, 1.54) is 19.3 Å². The lowest BCUT2D eigenvalue weighted by Gasteiger charge is -2.35. The minimum Gasteiger partial charge on any atom is -0.391 e. The van der Waals surface area contributed by atoms with Gasteiger partial charge in [0.2, 0.25) is 5.91 Å². The fourth-order valence-electron chi connectivity index (χ4n) is 2.75. The van der Waals surface area contributed by atoms with Crippen molar-refractivity contribution in [2.75, 3.05) is 13.2 Å². The molecule has 4 nitrogen and oxygen atoms in total. The molecular weight excluding hydrogens is 272 g/mol. The lowest BCUT2D eigenvalue weighted by atomic mass is 9.83. The van der Waals surface area contributed by atoms with E-state index in [0.717, 1.165) is 32.1 Å². The molecule has 1 rings (SSSR count). The van der Waals surface area contributed by atoms with Crippen LogP contribution in [-0.2, 0) is 9.53 Å². The Morgan fingerprint density at radius 3 is 2.40 bits per heavy atom. The molecule has 116 valence electrons. The second-order valence-corrected chi connectivity index (χ2v) is 6.00. The van der Waals surface area contributed by atoms with Gasteiger partial charge in [0.1, 0.15) is 0 Å².